The molecule has 4 rings (SSSR count). The van der Waals surface area contributed by atoms with Gasteiger partial charge in [0.05, 0.1) is 6.54 Å². The molecule has 0 saturated carbocycles. The number of benzene rings is 2. The largest absolute Gasteiger partial charge is 0.479 e. The van der Waals surface area contributed by atoms with Crippen molar-refractivity contribution in [2.45, 2.75) is 44.2 Å². The average Bonchev–Trinajstić information content (AvgIpc) is 3.37. The molecule has 34 heavy (non-hydrogen) atoms. The van der Waals surface area contributed by atoms with E-state index in [-0.39, 0.29) is 50.3 Å². The number of hydrogen-bond acceptors (Lipinski definition) is 5. The van der Waals surface area contributed by atoms with Gasteiger partial charge in [0.25, 0.3) is 0 Å². The van der Waals surface area contributed by atoms with Crippen LogP contribution in [0.5, 0.6) is 0 Å². The number of fused-ring (bicyclic) bond motifs is 3. The number of aliphatic hydroxyl groups is 1. The molecule has 1 heterocycles. The van der Waals surface area contributed by atoms with E-state index in [0.29, 0.717) is 0 Å². The number of alkyl carbamates (subject to hydrolysis) is 1. The van der Waals surface area contributed by atoms with Crippen molar-refractivity contribution in [1.82, 2.24) is 10.2 Å². The summed E-state index contributed by atoms with van der Waals surface area (Å²) in [6, 6.07) is 15.7. The molecule has 1 saturated heterocycles. The molecule has 1 aliphatic heterocycles. The van der Waals surface area contributed by atoms with Crippen molar-refractivity contribution in [3.05, 3.63) is 59.7 Å². The minimum atomic E-state index is -1.91. The average molecular weight is 467 g/mol. The Morgan fingerprint density at radius 2 is 1.68 bits per heavy atom. The highest BCUT2D eigenvalue weighted by molar-refractivity contribution is 5.83. The summed E-state index contributed by atoms with van der Waals surface area (Å²) >= 11 is 0. The van der Waals surface area contributed by atoms with Crippen LogP contribution in [0.1, 0.15) is 43.7 Å². The van der Waals surface area contributed by atoms with Crippen LogP contribution < -0.4 is 5.32 Å². The maximum atomic E-state index is 12.7. The number of rotatable bonds is 7. The number of carboxylic acids is 1. The maximum Gasteiger partial charge on any atom is 0.407 e. The second kappa shape index (κ2) is 9.46. The normalized spacial score (nSPS) is 20.1. The Morgan fingerprint density at radius 3 is 2.21 bits per heavy atom. The zero-order chi connectivity index (χ0) is 24.5. The summed E-state index contributed by atoms with van der Waals surface area (Å²) in [6.07, 6.45) is -0.616. The van der Waals surface area contributed by atoms with Gasteiger partial charge in [-0.2, -0.15) is 0 Å². The van der Waals surface area contributed by atoms with Crippen molar-refractivity contribution in [3.63, 3.8) is 0 Å². The van der Waals surface area contributed by atoms with E-state index in [1.165, 1.54) is 4.90 Å². The second-order valence-corrected chi connectivity index (χ2v) is 9.43. The summed E-state index contributed by atoms with van der Waals surface area (Å²) in [7, 11) is 0. The minimum Gasteiger partial charge on any atom is -0.479 e. The molecule has 180 valence electrons. The van der Waals surface area contributed by atoms with Gasteiger partial charge in [-0.15, -0.1) is 0 Å². The summed E-state index contributed by atoms with van der Waals surface area (Å²) in [6.45, 7) is 3.86. The zero-order valence-corrected chi connectivity index (χ0v) is 19.4. The number of nitrogens with zero attached hydrogens (tertiary/aromatic N) is 1. The van der Waals surface area contributed by atoms with Crippen LogP contribution in [0, 0.1) is 5.92 Å². The predicted octanol–water partition coefficient (Wildman–Crippen LogP) is 2.99. The van der Waals surface area contributed by atoms with E-state index in [1.807, 2.05) is 50.2 Å². The highest BCUT2D eigenvalue weighted by Gasteiger charge is 2.44. The molecule has 3 N–H and O–H groups in total. The molecule has 1 unspecified atom stereocenters. The van der Waals surface area contributed by atoms with Crippen molar-refractivity contribution in [3.8, 4) is 11.1 Å². The molecule has 0 aromatic heterocycles. The topological polar surface area (TPSA) is 116 Å². The molecule has 2 aromatic carbocycles. The smallest absolute Gasteiger partial charge is 0.407 e. The number of carbonyl (C=O) groups excluding carboxylic acids is 2. The van der Waals surface area contributed by atoms with Crippen molar-refractivity contribution in [2.75, 3.05) is 19.7 Å². The lowest BCUT2D eigenvalue weighted by molar-refractivity contribution is -0.157. The quantitative estimate of drug-likeness (QED) is 0.578. The molecule has 0 radical (unpaired) electrons. The van der Waals surface area contributed by atoms with Gasteiger partial charge in [-0.1, -0.05) is 62.4 Å². The van der Waals surface area contributed by atoms with Crippen LogP contribution in [0.2, 0.25) is 0 Å². The van der Waals surface area contributed by atoms with E-state index in [2.05, 4.69) is 17.4 Å². The number of ether oxygens (including phenoxy) is 1. The predicted molar refractivity (Wildman–Crippen MR) is 125 cm³/mol. The van der Waals surface area contributed by atoms with Crippen LogP contribution in [0.25, 0.3) is 11.1 Å². The number of nitrogens with one attached hydrogen (secondary N) is 1. The first-order valence-corrected chi connectivity index (χ1v) is 11.5. The molecule has 0 spiro atoms. The van der Waals surface area contributed by atoms with Gasteiger partial charge in [0.2, 0.25) is 5.91 Å². The summed E-state index contributed by atoms with van der Waals surface area (Å²) in [5.41, 5.74) is 2.61. The Hall–Kier alpha value is -3.39. The number of amides is 2. The van der Waals surface area contributed by atoms with Gasteiger partial charge in [0.1, 0.15) is 6.61 Å². The SMILES string of the molecule is CC(C)[C@H](CC(=O)N1CCC(O)(C(=O)O)C1)NC(=O)OCC1c2ccccc2-c2ccccc21. The van der Waals surface area contributed by atoms with E-state index in [1.54, 1.807) is 0 Å². The van der Waals surface area contributed by atoms with Gasteiger partial charge in [-0.25, -0.2) is 9.59 Å². The zero-order valence-electron chi connectivity index (χ0n) is 19.4. The van der Waals surface area contributed by atoms with Gasteiger partial charge in [0.15, 0.2) is 5.60 Å². The number of carboxylic acid groups (broad SMARTS) is 1. The molecular weight excluding hydrogens is 436 g/mol. The molecule has 2 amide bonds. The molecule has 2 aromatic rings. The standard InChI is InChI=1S/C26H30N2O6/c1-16(2)22(13-23(29)28-12-11-26(33,15-28)24(30)31)27-25(32)34-14-21-19-9-5-3-7-17(19)18-8-4-6-10-20(18)21/h3-10,16,21-22,33H,11-15H2,1-2H3,(H,27,32)(H,30,31)/t22-,26?/m0/s1. The highest BCUT2D eigenvalue weighted by atomic mass is 16.5. The fraction of sp³-hybridized carbons (Fsp3) is 0.423. The first kappa shape index (κ1) is 23.8. The lowest BCUT2D eigenvalue weighted by Crippen LogP contribution is -2.45. The fourth-order valence-corrected chi connectivity index (χ4v) is 4.74. The lowest BCUT2D eigenvalue weighted by Gasteiger charge is -2.25. The van der Waals surface area contributed by atoms with E-state index < -0.39 is 23.7 Å². The Morgan fingerprint density at radius 1 is 1.09 bits per heavy atom. The molecule has 1 aliphatic carbocycles. The van der Waals surface area contributed by atoms with Crippen LogP contribution >= 0.6 is 0 Å². The van der Waals surface area contributed by atoms with E-state index >= 15 is 0 Å². The highest BCUT2D eigenvalue weighted by Crippen LogP contribution is 2.44. The Bertz CT molecular complexity index is 1050. The van der Waals surface area contributed by atoms with E-state index in [4.69, 9.17) is 4.74 Å². The summed E-state index contributed by atoms with van der Waals surface area (Å²) in [4.78, 5) is 38.0. The molecule has 8 heteroatoms. The molecule has 1 fully saturated rings. The second-order valence-electron chi connectivity index (χ2n) is 9.43. The third-order valence-electron chi connectivity index (χ3n) is 6.84. The van der Waals surface area contributed by atoms with Crippen molar-refractivity contribution in [1.29, 1.82) is 0 Å². The maximum absolute atomic E-state index is 12.7. The Labute approximate surface area is 198 Å². The van der Waals surface area contributed by atoms with Crippen molar-refractivity contribution >= 4 is 18.0 Å². The molecule has 0 bridgehead atoms. The first-order valence-electron chi connectivity index (χ1n) is 11.5. The lowest BCUT2D eigenvalue weighted by atomic mass is 9.98. The summed E-state index contributed by atoms with van der Waals surface area (Å²) in [5.74, 6) is -1.75. The van der Waals surface area contributed by atoms with Crippen LogP contribution in [-0.2, 0) is 14.3 Å². The van der Waals surface area contributed by atoms with Crippen LogP contribution in [-0.4, -0.2) is 64.4 Å². The molecular formula is C26H30N2O6. The van der Waals surface area contributed by atoms with Crippen LogP contribution in [0.4, 0.5) is 4.79 Å². The van der Waals surface area contributed by atoms with Crippen molar-refractivity contribution in [2.24, 2.45) is 5.92 Å². The third-order valence-corrected chi connectivity index (χ3v) is 6.84. The van der Waals surface area contributed by atoms with Gasteiger partial charge in [-0.05, 0) is 28.2 Å². The van der Waals surface area contributed by atoms with Crippen LogP contribution in [0.15, 0.2) is 48.5 Å². The van der Waals surface area contributed by atoms with E-state index in [0.717, 1.165) is 22.3 Å². The summed E-state index contributed by atoms with van der Waals surface area (Å²) < 4.78 is 5.60. The number of β-amino-alcohol motifs (C(OH)–C–C–N with tert-alkyl or cyclic N) is 1. The summed E-state index contributed by atoms with van der Waals surface area (Å²) in [5, 5.41) is 22.1. The molecule has 2 aliphatic rings. The van der Waals surface area contributed by atoms with Gasteiger partial charge in [-0.3, -0.25) is 4.79 Å². The van der Waals surface area contributed by atoms with Crippen LogP contribution in [0.3, 0.4) is 0 Å². The monoisotopic (exact) mass is 466 g/mol. The molecule has 8 nitrogen and oxygen atoms in total. The molecule has 2 atom stereocenters. The van der Waals surface area contributed by atoms with E-state index in [9.17, 15) is 24.6 Å². The fourth-order valence-electron chi connectivity index (χ4n) is 4.74. The number of carbonyl (C=O) groups is 3. The number of aliphatic carboxylic acids is 1. The van der Waals surface area contributed by atoms with Gasteiger partial charge in [0, 0.05) is 31.3 Å². The number of hydrogen-bond donors (Lipinski definition) is 3. The minimum absolute atomic E-state index is 0.00242. The Kier molecular flexibility index (Phi) is 6.61. The first-order chi connectivity index (χ1) is 16.2. The van der Waals surface area contributed by atoms with Crippen molar-refractivity contribution < 1.29 is 29.3 Å². The Balaban J connectivity index is 1.36. The van der Waals surface area contributed by atoms with Gasteiger partial charge >= 0.3 is 12.1 Å². The third kappa shape index (κ3) is 4.63. The van der Waals surface area contributed by atoms with Gasteiger partial charge < -0.3 is 25.2 Å². The number of likely N-dealkylation sites (tertiary alicyclic amines) is 1.